The van der Waals surface area contributed by atoms with Gasteiger partial charge in [-0.1, -0.05) is 42.5 Å². The number of nitrogens with one attached hydrogen (secondary N) is 1. The van der Waals surface area contributed by atoms with Crippen molar-refractivity contribution < 1.29 is 36.1 Å². The summed E-state index contributed by atoms with van der Waals surface area (Å²) in [5.74, 6) is 2.12. The van der Waals surface area contributed by atoms with Crippen LogP contribution in [0.4, 0.5) is 17.3 Å². The molecule has 0 saturated carbocycles. The van der Waals surface area contributed by atoms with Gasteiger partial charge in [-0.3, -0.25) is 0 Å². The quantitative estimate of drug-likeness (QED) is 0.351. The SMILES string of the molecule is COc1ccc(-c2cc(=[NH+]Cc3ccccc3)c3ccccc3o2)cc1OC.F[B-](F)(F)F. The van der Waals surface area contributed by atoms with E-state index in [-0.39, 0.29) is 0 Å². The van der Waals surface area contributed by atoms with Crippen molar-refractivity contribution >= 4 is 18.2 Å². The molecule has 0 amide bonds. The Kier molecular flexibility index (Phi) is 7.76. The van der Waals surface area contributed by atoms with E-state index in [0.717, 1.165) is 34.2 Å². The average Bonchev–Trinajstić information content (AvgIpc) is 2.81. The van der Waals surface area contributed by atoms with Crippen molar-refractivity contribution in [3.05, 3.63) is 89.8 Å². The molecule has 33 heavy (non-hydrogen) atoms. The van der Waals surface area contributed by atoms with Crippen LogP contribution in [0.5, 0.6) is 11.5 Å². The van der Waals surface area contributed by atoms with Crippen LogP contribution in [0, 0.1) is 0 Å². The predicted octanol–water partition coefficient (Wildman–Crippen LogP) is 4.60. The maximum atomic E-state index is 9.75. The smallest absolute Gasteiger partial charge is 0.493 e. The third-order valence-corrected chi connectivity index (χ3v) is 4.67. The Morgan fingerprint density at radius 1 is 0.788 bits per heavy atom. The predicted molar refractivity (Wildman–Crippen MR) is 119 cm³/mol. The number of methoxy groups -OCH3 is 2. The summed E-state index contributed by atoms with van der Waals surface area (Å²) in [5.41, 5.74) is 2.97. The van der Waals surface area contributed by atoms with Crippen molar-refractivity contribution in [2.24, 2.45) is 0 Å². The van der Waals surface area contributed by atoms with Gasteiger partial charge >= 0.3 is 7.25 Å². The highest BCUT2D eigenvalue weighted by molar-refractivity contribution is 6.50. The third kappa shape index (κ3) is 6.87. The van der Waals surface area contributed by atoms with Gasteiger partial charge in [0.1, 0.15) is 11.3 Å². The highest BCUT2D eigenvalue weighted by atomic mass is 19.5. The number of benzene rings is 3. The molecule has 0 aliphatic heterocycles. The fraction of sp³-hybridized carbons (Fsp3) is 0.125. The van der Waals surface area contributed by atoms with Gasteiger partial charge in [-0.15, -0.1) is 0 Å². The van der Waals surface area contributed by atoms with Gasteiger partial charge in [-0.2, -0.15) is 0 Å². The monoisotopic (exact) mass is 459 g/mol. The molecule has 0 radical (unpaired) electrons. The molecule has 3 aromatic carbocycles. The van der Waals surface area contributed by atoms with Crippen molar-refractivity contribution in [2.45, 2.75) is 6.54 Å². The number of rotatable bonds is 5. The Balaban J connectivity index is 0.000000555. The zero-order chi connectivity index (χ0) is 23.8. The van der Waals surface area contributed by atoms with E-state index < -0.39 is 7.25 Å². The molecule has 4 rings (SSSR count). The van der Waals surface area contributed by atoms with E-state index in [1.54, 1.807) is 14.2 Å². The Bertz CT molecular complexity index is 1270. The Morgan fingerprint density at radius 2 is 1.42 bits per heavy atom. The minimum atomic E-state index is -6.00. The van der Waals surface area contributed by atoms with Crippen LogP contribution in [0.1, 0.15) is 5.56 Å². The zero-order valence-electron chi connectivity index (χ0n) is 18.0. The van der Waals surface area contributed by atoms with Crippen LogP contribution in [0.2, 0.25) is 0 Å². The van der Waals surface area contributed by atoms with Crippen LogP contribution in [0.25, 0.3) is 22.3 Å². The van der Waals surface area contributed by atoms with Gasteiger partial charge in [-0.25, -0.2) is 4.99 Å². The van der Waals surface area contributed by atoms with Crippen molar-refractivity contribution in [1.82, 2.24) is 0 Å². The molecule has 0 fully saturated rings. The summed E-state index contributed by atoms with van der Waals surface area (Å²) in [5, 5.41) is 2.07. The summed E-state index contributed by atoms with van der Waals surface area (Å²) in [7, 11) is -2.74. The molecular formula is C24H22BF4NO3. The lowest BCUT2D eigenvalue weighted by molar-refractivity contribution is -0.516. The highest BCUT2D eigenvalue weighted by Gasteiger charge is 2.20. The van der Waals surface area contributed by atoms with E-state index in [1.165, 1.54) is 5.56 Å². The number of para-hydroxylation sites is 1. The summed E-state index contributed by atoms with van der Waals surface area (Å²) in [6.07, 6.45) is 0. The lowest BCUT2D eigenvalue weighted by Crippen LogP contribution is -2.75. The molecule has 0 saturated heterocycles. The van der Waals surface area contributed by atoms with Crippen molar-refractivity contribution in [3.63, 3.8) is 0 Å². The maximum absolute atomic E-state index is 9.75. The lowest BCUT2D eigenvalue weighted by Gasteiger charge is -2.09. The van der Waals surface area contributed by atoms with Crippen molar-refractivity contribution in [3.8, 4) is 22.8 Å². The van der Waals surface area contributed by atoms with Gasteiger partial charge < -0.3 is 31.2 Å². The normalized spacial score (nSPS) is 11.6. The van der Waals surface area contributed by atoms with Crippen LogP contribution in [-0.4, -0.2) is 21.5 Å². The Hall–Kier alpha value is -3.75. The molecule has 0 unspecified atom stereocenters. The van der Waals surface area contributed by atoms with Gasteiger partial charge in [0.05, 0.1) is 25.7 Å². The Labute approximate surface area is 188 Å². The number of hydrogen-bond acceptors (Lipinski definition) is 3. The first-order valence-corrected chi connectivity index (χ1v) is 10.0. The second kappa shape index (κ2) is 10.7. The molecule has 172 valence electrons. The molecule has 0 aliphatic rings. The molecule has 4 aromatic rings. The van der Waals surface area contributed by atoms with Crippen LogP contribution in [0.15, 0.2) is 83.3 Å². The summed E-state index contributed by atoms with van der Waals surface area (Å²) in [6, 6.07) is 26.2. The average molecular weight is 459 g/mol. The number of ether oxygens (including phenoxy) is 2. The highest BCUT2D eigenvalue weighted by Crippen LogP contribution is 2.32. The fourth-order valence-electron chi connectivity index (χ4n) is 3.21. The summed E-state index contributed by atoms with van der Waals surface area (Å²) in [4.78, 5) is 3.55. The van der Waals surface area contributed by atoms with Crippen LogP contribution < -0.4 is 19.8 Å². The van der Waals surface area contributed by atoms with Gasteiger partial charge in [-0.05, 0) is 30.3 Å². The van der Waals surface area contributed by atoms with E-state index in [4.69, 9.17) is 13.9 Å². The molecule has 1 heterocycles. The number of hydrogen-bond donors (Lipinski definition) is 1. The maximum Gasteiger partial charge on any atom is 0.673 e. The zero-order valence-corrected chi connectivity index (χ0v) is 18.0. The molecule has 0 bridgehead atoms. The van der Waals surface area contributed by atoms with Crippen molar-refractivity contribution in [1.29, 1.82) is 0 Å². The first kappa shape index (κ1) is 23.9. The van der Waals surface area contributed by atoms with Crippen molar-refractivity contribution in [2.75, 3.05) is 14.2 Å². The Morgan fingerprint density at radius 3 is 2.09 bits per heavy atom. The molecule has 0 atom stereocenters. The topological polar surface area (TPSA) is 45.6 Å². The minimum Gasteiger partial charge on any atom is -0.493 e. The third-order valence-electron chi connectivity index (χ3n) is 4.67. The molecule has 1 aromatic heterocycles. The van der Waals surface area contributed by atoms with Gasteiger partial charge in [0.25, 0.3) is 0 Å². The first-order chi connectivity index (χ1) is 15.8. The van der Waals surface area contributed by atoms with E-state index in [9.17, 15) is 17.3 Å². The molecule has 9 heteroatoms. The van der Waals surface area contributed by atoms with E-state index in [1.807, 2.05) is 60.7 Å². The number of fused-ring (bicyclic) bond motifs is 1. The number of halogens is 4. The minimum absolute atomic E-state index is 0.669. The van der Waals surface area contributed by atoms with Crippen LogP contribution in [0.3, 0.4) is 0 Å². The summed E-state index contributed by atoms with van der Waals surface area (Å²) >= 11 is 0. The van der Waals surface area contributed by atoms with Crippen LogP contribution >= 0.6 is 0 Å². The second-order valence-electron chi connectivity index (χ2n) is 6.92. The largest absolute Gasteiger partial charge is 0.673 e. The van der Waals surface area contributed by atoms with Gasteiger partial charge in [0.2, 0.25) is 5.36 Å². The molecule has 4 nitrogen and oxygen atoms in total. The second-order valence-corrected chi connectivity index (χ2v) is 6.92. The first-order valence-electron chi connectivity index (χ1n) is 10.0. The summed E-state index contributed by atoms with van der Waals surface area (Å²) < 4.78 is 56.0. The molecule has 1 N–H and O–H groups in total. The molecular weight excluding hydrogens is 437 g/mol. The summed E-state index contributed by atoms with van der Waals surface area (Å²) in [6.45, 7) is 0.736. The van der Waals surface area contributed by atoms with E-state index >= 15 is 0 Å². The molecule has 0 aliphatic carbocycles. The van der Waals surface area contributed by atoms with E-state index in [2.05, 4.69) is 23.2 Å². The van der Waals surface area contributed by atoms with Gasteiger partial charge in [0, 0.05) is 11.1 Å². The van der Waals surface area contributed by atoms with E-state index in [0.29, 0.717) is 11.5 Å². The standard InChI is InChI=1S/C24H21NO3.BF4/c1-26-22-13-12-18(14-24(22)27-2)23-15-20(19-10-6-7-11-21(19)28-23)25-16-17-8-4-3-5-9-17;2-1(3,4)5/h3-15H,16H2,1-2H3;/q;-1/p+1. The van der Waals surface area contributed by atoms with Crippen LogP contribution in [-0.2, 0) is 6.54 Å². The fourth-order valence-corrected chi connectivity index (χ4v) is 3.21. The molecule has 0 spiro atoms. The lowest BCUT2D eigenvalue weighted by atomic mass is 10.1. The van der Waals surface area contributed by atoms with Gasteiger partial charge in [0.15, 0.2) is 18.0 Å².